The minimum Gasteiger partial charge on any atom is -0.488 e. The number of halogens is 2. The molecule has 1 amide bonds. The summed E-state index contributed by atoms with van der Waals surface area (Å²) in [6.07, 6.45) is 0. The lowest BCUT2D eigenvalue weighted by molar-refractivity contribution is 0.0635. The van der Waals surface area contributed by atoms with Gasteiger partial charge >= 0.3 is 0 Å². The first-order valence-electron chi connectivity index (χ1n) is 9.32. The van der Waals surface area contributed by atoms with Crippen molar-refractivity contribution in [3.05, 3.63) is 64.2 Å². The Kier molecular flexibility index (Phi) is 9.63. The third-order valence-corrected chi connectivity index (χ3v) is 4.57. The molecule has 2 rings (SSSR count). The van der Waals surface area contributed by atoms with Gasteiger partial charge in [-0.3, -0.25) is 9.59 Å². The summed E-state index contributed by atoms with van der Waals surface area (Å²) in [6.45, 7) is 7.76. The fourth-order valence-corrected chi connectivity index (χ4v) is 3.38. The van der Waals surface area contributed by atoms with Crippen LogP contribution in [-0.4, -0.2) is 35.2 Å². The summed E-state index contributed by atoms with van der Waals surface area (Å²) < 4.78 is 5.95. The van der Waals surface area contributed by atoms with E-state index in [2.05, 4.69) is 0 Å². The van der Waals surface area contributed by atoms with Crippen molar-refractivity contribution in [2.75, 3.05) is 6.54 Å². The van der Waals surface area contributed by atoms with E-state index in [1.165, 1.54) is 6.07 Å². The summed E-state index contributed by atoms with van der Waals surface area (Å²) in [4.78, 5) is 27.6. The molecule has 2 aromatic rings. The van der Waals surface area contributed by atoms with Crippen LogP contribution in [0.4, 0.5) is 0 Å². The highest BCUT2D eigenvalue weighted by atomic mass is 35.5. The van der Waals surface area contributed by atoms with Gasteiger partial charge in [0.1, 0.15) is 12.4 Å². The summed E-state index contributed by atoms with van der Waals surface area (Å²) in [6, 6.07) is 12.5. The summed E-state index contributed by atoms with van der Waals surface area (Å²) in [5.74, 6) is -0.353. The van der Waals surface area contributed by atoms with Gasteiger partial charge in [-0.1, -0.05) is 41.9 Å². The standard InChI is InChI=1S/C22H27ClN2O3.ClH/c1-14(2)25(15(3)4)22(27)21-18(19(26)12-24)10-17(23)11-20(21)28-13-16-8-6-5-7-9-16;/h5-11,14-15H,12-13,24H2,1-4H3;1H. The molecule has 0 fully saturated rings. The molecule has 2 N–H and O–H groups in total. The first-order valence-corrected chi connectivity index (χ1v) is 9.70. The summed E-state index contributed by atoms with van der Waals surface area (Å²) in [5, 5.41) is 0.317. The van der Waals surface area contributed by atoms with Gasteiger partial charge in [-0.25, -0.2) is 0 Å². The van der Waals surface area contributed by atoms with E-state index in [0.29, 0.717) is 5.02 Å². The second-order valence-corrected chi connectivity index (χ2v) is 7.56. The quantitative estimate of drug-likeness (QED) is 0.603. The summed E-state index contributed by atoms with van der Waals surface area (Å²) in [7, 11) is 0. The molecule has 0 saturated heterocycles. The van der Waals surface area contributed by atoms with Gasteiger partial charge < -0.3 is 15.4 Å². The molecule has 2 aromatic carbocycles. The minimum atomic E-state index is -0.358. The number of benzene rings is 2. The van der Waals surface area contributed by atoms with E-state index in [9.17, 15) is 9.59 Å². The number of carbonyl (C=O) groups is 2. The number of hydrogen-bond donors (Lipinski definition) is 1. The number of ether oxygens (including phenoxy) is 1. The molecule has 0 bridgehead atoms. The van der Waals surface area contributed by atoms with Gasteiger partial charge in [0, 0.05) is 22.7 Å². The van der Waals surface area contributed by atoms with Crippen molar-refractivity contribution in [1.29, 1.82) is 0 Å². The molecule has 0 aliphatic rings. The van der Waals surface area contributed by atoms with E-state index in [1.54, 1.807) is 11.0 Å². The van der Waals surface area contributed by atoms with E-state index in [-0.39, 0.29) is 66.2 Å². The highest BCUT2D eigenvalue weighted by Crippen LogP contribution is 2.31. The number of Topliss-reactive ketones (excluding diaryl/α,β-unsaturated/α-hetero) is 1. The van der Waals surface area contributed by atoms with E-state index >= 15 is 0 Å². The maximum Gasteiger partial charge on any atom is 0.258 e. The zero-order chi connectivity index (χ0) is 20.8. The summed E-state index contributed by atoms with van der Waals surface area (Å²) >= 11 is 6.22. The first-order chi connectivity index (χ1) is 13.3. The lowest BCUT2D eigenvalue weighted by Crippen LogP contribution is -2.43. The Balaban J connectivity index is 0.00000420. The van der Waals surface area contributed by atoms with Crippen molar-refractivity contribution in [3.63, 3.8) is 0 Å². The van der Waals surface area contributed by atoms with E-state index < -0.39 is 0 Å². The predicted octanol–water partition coefficient (Wildman–Crippen LogP) is 4.74. The van der Waals surface area contributed by atoms with Gasteiger partial charge in [0.05, 0.1) is 12.1 Å². The molecule has 0 radical (unpaired) electrons. The maximum absolute atomic E-state index is 13.4. The number of ketones is 1. The van der Waals surface area contributed by atoms with Crippen molar-refractivity contribution in [3.8, 4) is 5.75 Å². The van der Waals surface area contributed by atoms with Crippen LogP contribution < -0.4 is 10.5 Å². The van der Waals surface area contributed by atoms with E-state index in [1.807, 2.05) is 58.0 Å². The van der Waals surface area contributed by atoms with Gasteiger partial charge in [0.2, 0.25) is 0 Å². The lowest BCUT2D eigenvalue weighted by Gasteiger charge is -2.32. The molecule has 158 valence electrons. The zero-order valence-corrected chi connectivity index (χ0v) is 18.7. The largest absolute Gasteiger partial charge is 0.488 e. The van der Waals surface area contributed by atoms with E-state index in [4.69, 9.17) is 22.1 Å². The normalized spacial score (nSPS) is 10.6. The third-order valence-electron chi connectivity index (χ3n) is 4.35. The average molecular weight is 439 g/mol. The Labute approximate surface area is 183 Å². The van der Waals surface area contributed by atoms with Crippen LogP contribution in [0.2, 0.25) is 5.02 Å². The molecule has 0 spiro atoms. The Bertz CT molecular complexity index is 831. The fraction of sp³-hybridized carbons (Fsp3) is 0.364. The van der Waals surface area contributed by atoms with Crippen LogP contribution in [0, 0.1) is 0 Å². The molecule has 0 aliphatic heterocycles. The molecular formula is C22H28Cl2N2O3. The van der Waals surface area contributed by atoms with E-state index in [0.717, 1.165) is 5.56 Å². The number of nitrogens with zero attached hydrogens (tertiary/aromatic N) is 1. The van der Waals surface area contributed by atoms with Gasteiger partial charge in [-0.05, 0) is 45.4 Å². The molecule has 0 atom stereocenters. The third kappa shape index (κ3) is 6.20. The SMILES string of the molecule is CC(C)N(C(=O)c1c(OCc2ccccc2)cc(Cl)cc1C(=O)CN)C(C)C.Cl. The number of hydrogen-bond acceptors (Lipinski definition) is 4. The van der Waals surface area contributed by atoms with Crippen LogP contribution in [0.15, 0.2) is 42.5 Å². The number of rotatable bonds is 8. The smallest absolute Gasteiger partial charge is 0.258 e. The van der Waals surface area contributed by atoms with Crippen LogP contribution in [0.1, 0.15) is 54.0 Å². The van der Waals surface area contributed by atoms with Crippen molar-refractivity contribution < 1.29 is 14.3 Å². The summed E-state index contributed by atoms with van der Waals surface area (Å²) in [5.41, 5.74) is 6.91. The van der Waals surface area contributed by atoms with Crippen LogP contribution >= 0.6 is 24.0 Å². The molecular weight excluding hydrogens is 411 g/mol. The maximum atomic E-state index is 13.4. The second kappa shape index (κ2) is 11.2. The Hall–Kier alpha value is -2.08. The predicted molar refractivity (Wildman–Crippen MR) is 119 cm³/mol. The zero-order valence-electron chi connectivity index (χ0n) is 17.1. The minimum absolute atomic E-state index is 0. The fourth-order valence-electron chi connectivity index (χ4n) is 3.18. The van der Waals surface area contributed by atoms with Crippen LogP contribution in [0.5, 0.6) is 5.75 Å². The number of nitrogens with two attached hydrogens (primary N) is 1. The first kappa shape index (κ1) is 25.0. The van der Waals surface area contributed by atoms with Crippen LogP contribution in [0.3, 0.4) is 0 Å². The van der Waals surface area contributed by atoms with Gasteiger partial charge in [0.25, 0.3) is 5.91 Å². The Morgan fingerprint density at radius 3 is 2.17 bits per heavy atom. The van der Waals surface area contributed by atoms with Crippen LogP contribution in [-0.2, 0) is 6.61 Å². The highest BCUT2D eigenvalue weighted by Gasteiger charge is 2.29. The topological polar surface area (TPSA) is 72.6 Å². The van der Waals surface area contributed by atoms with Crippen molar-refractivity contribution in [2.45, 2.75) is 46.4 Å². The van der Waals surface area contributed by atoms with Gasteiger partial charge in [-0.2, -0.15) is 0 Å². The number of amides is 1. The van der Waals surface area contributed by atoms with Crippen LogP contribution in [0.25, 0.3) is 0 Å². The van der Waals surface area contributed by atoms with Gasteiger partial charge in [-0.15, -0.1) is 12.4 Å². The van der Waals surface area contributed by atoms with Crippen molar-refractivity contribution >= 4 is 35.7 Å². The van der Waals surface area contributed by atoms with Crippen molar-refractivity contribution in [1.82, 2.24) is 4.90 Å². The highest BCUT2D eigenvalue weighted by molar-refractivity contribution is 6.31. The van der Waals surface area contributed by atoms with Gasteiger partial charge in [0.15, 0.2) is 5.78 Å². The molecule has 0 unspecified atom stereocenters. The Morgan fingerprint density at radius 2 is 1.66 bits per heavy atom. The molecule has 29 heavy (non-hydrogen) atoms. The Morgan fingerprint density at radius 1 is 1.07 bits per heavy atom. The molecule has 0 saturated carbocycles. The molecule has 0 heterocycles. The lowest BCUT2D eigenvalue weighted by atomic mass is 9.99. The monoisotopic (exact) mass is 438 g/mol. The molecule has 7 heteroatoms. The molecule has 5 nitrogen and oxygen atoms in total. The molecule has 0 aliphatic carbocycles. The van der Waals surface area contributed by atoms with Crippen molar-refractivity contribution in [2.24, 2.45) is 5.73 Å². The number of carbonyl (C=O) groups excluding carboxylic acids is 2. The average Bonchev–Trinajstić information content (AvgIpc) is 2.65. The second-order valence-electron chi connectivity index (χ2n) is 7.13. The molecule has 0 aromatic heterocycles.